The fourth-order valence-electron chi connectivity index (χ4n) is 2.67. The molecule has 2 atom stereocenters. The van der Waals surface area contributed by atoms with Crippen molar-refractivity contribution in [3.05, 3.63) is 35.9 Å². The lowest BCUT2D eigenvalue weighted by atomic mass is 9.84. The Morgan fingerprint density at radius 2 is 1.71 bits per heavy atom. The molecule has 1 aromatic carbocycles. The summed E-state index contributed by atoms with van der Waals surface area (Å²) >= 11 is 0. The summed E-state index contributed by atoms with van der Waals surface area (Å²) in [6.45, 7) is 0.849. The summed E-state index contributed by atoms with van der Waals surface area (Å²) in [4.78, 5) is 23.8. The van der Waals surface area contributed by atoms with E-state index in [1.165, 1.54) is 0 Å². The normalized spacial score (nSPS) is 21.6. The second-order valence-corrected chi connectivity index (χ2v) is 5.47. The number of carbonyl (C=O) groups is 2. The van der Waals surface area contributed by atoms with E-state index in [4.69, 9.17) is 5.73 Å². The number of amides is 2. The van der Waals surface area contributed by atoms with Crippen molar-refractivity contribution >= 4 is 11.8 Å². The molecule has 1 fully saturated rings. The quantitative estimate of drug-likeness (QED) is 0.708. The van der Waals surface area contributed by atoms with E-state index in [2.05, 4.69) is 10.6 Å². The van der Waals surface area contributed by atoms with E-state index in [-0.39, 0.29) is 23.8 Å². The monoisotopic (exact) mass is 289 g/mol. The molecule has 21 heavy (non-hydrogen) atoms. The molecule has 1 aromatic rings. The number of nitrogens with one attached hydrogen (secondary N) is 2. The van der Waals surface area contributed by atoms with Gasteiger partial charge in [-0.15, -0.1) is 0 Å². The Morgan fingerprint density at radius 3 is 2.43 bits per heavy atom. The summed E-state index contributed by atoms with van der Waals surface area (Å²) in [5.74, 6) is -0.195. The van der Waals surface area contributed by atoms with Crippen LogP contribution in [0.3, 0.4) is 0 Å². The maximum Gasteiger partial charge on any atom is 0.251 e. The van der Waals surface area contributed by atoms with E-state index in [1.807, 2.05) is 18.2 Å². The molecule has 114 valence electrons. The lowest BCUT2D eigenvalue weighted by Gasteiger charge is -2.27. The minimum absolute atomic E-state index is 0.0103. The Morgan fingerprint density at radius 1 is 1.05 bits per heavy atom. The molecule has 0 aliphatic heterocycles. The van der Waals surface area contributed by atoms with E-state index in [1.54, 1.807) is 12.1 Å². The zero-order valence-corrected chi connectivity index (χ0v) is 12.2. The SMILES string of the molecule is N[C@H]1CCCC[C@H]1C(=O)NCCNC(=O)c1ccccc1. The fraction of sp³-hybridized carbons (Fsp3) is 0.500. The summed E-state index contributed by atoms with van der Waals surface area (Å²) < 4.78 is 0. The highest BCUT2D eigenvalue weighted by molar-refractivity contribution is 5.94. The van der Waals surface area contributed by atoms with Crippen LogP contribution in [-0.2, 0) is 4.79 Å². The zero-order valence-electron chi connectivity index (χ0n) is 12.2. The second kappa shape index (κ2) is 7.78. The molecule has 1 aliphatic carbocycles. The smallest absolute Gasteiger partial charge is 0.251 e. The Bertz CT molecular complexity index is 476. The third-order valence-corrected chi connectivity index (χ3v) is 3.90. The molecular weight excluding hydrogens is 266 g/mol. The standard InChI is InChI=1S/C16H23N3O2/c17-14-9-5-4-8-13(14)16(21)19-11-10-18-15(20)12-6-2-1-3-7-12/h1-3,6-7,13-14H,4-5,8-11,17H2,(H,18,20)(H,19,21)/t13-,14+/m1/s1. The van der Waals surface area contributed by atoms with Gasteiger partial charge >= 0.3 is 0 Å². The van der Waals surface area contributed by atoms with Crippen molar-refractivity contribution in [1.82, 2.24) is 10.6 Å². The molecule has 2 amide bonds. The van der Waals surface area contributed by atoms with Crippen molar-refractivity contribution in [3.63, 3.8) is 0 Å². The number of carbonyl (C=O) groups excluding carboxylic acids is 2. The number of hydrogen-bond donors (Lipinski definition) is 3. The molecule has 0 saturated heterocycles. The highest BCUT2D eigenvalue weighted by atomic mass is 16.2. The minimum atomic E-state index is -0.126. The first kappa shape index (κ1) is 15.5. The Kier molecular flexibility index (Phi) is 5.75. The first-order valence-corrected chi connectivity index (χ1v) is 7.55. The zero-order chi connectivity index (χ0) is 15.1. The van der Waals surface area contributed by atoms with Crippen molar-refractivity contribution < 1.29 is 9.59 Å². The van der Waals surface area contributed by atoms with Gasteiger partial charge in [-0.1, -0.05) is 31.0 Å². The first-order chi connectivity index (χ1) is 10.2. The summed E-state index contributed by atoms with van der Waals surface area (Å²) in [5, 5.41) is 5.64. The topological polar surface area (TPSA) is 84.2 Å². The predicted octanol–water partition coefficient (Wildman–Crippen LogP) is 1.05. The van der Waals surface area contributed by atoms with Gasteiger partial charge in [0.1, 0.15) is 0 Å². The van der Waals surface area contributed by atoms with E-state index >= 15 is 0 Å². The highest BCUT2D eigenvalue weighted by Gasteiger charge is 2.27. The van der Waals surface area contributed by atoms with Crippen molar-refractivity contribution in [1.29, 1.82) is 0 Å². The van der Waals surface area contributed by atoms with Crippen LogP contribution in [0.15, 0.2) is 30.3 Å². The van der Waals surface area contributed by atoms with Gasteiger partial charge in [0.25, 0.3) is 5.91 Å². The molecule has 0 bridgehead atoms. The van der Waals surface area contributed by atoms with Crippen LogP contribution < -0.4 is 16.4 Å². The van der Waals surface area contributed by atoms with Crippen molar-refractivity contribution in [3.8, 4) is 0 Å². The average Bonchev–Trinajstić information content (AvgIpc) is 2.52. The van der Waals surface area contributed by atoms with Crippen LogP contribution in [0.5, 0.6) is 0 Å². The van der Waals surface area contributed by atoms with Crippen LogP contribution >= 0.6 is 0 Å². The first-order valence-electron chi connectivity index (χ1n) is 7.55. The second-order valence-electron chi connectivity index (χ2n) is 5.47. The summed E-state index contributed by atoms with van der Waals surface area (Å²) in [7, 11) is 0. The third kappa shape index (κ3) is 4.56. The molecule has 1 saturated carbocycles. The summed E-state index contributed by atoms with van der Waals surface area (Å²) in [6.07, 6.45) is 3.96. The molecule has 5 heteroatoms. The van der Waals surface area contributed by atoms with Crippen LogP contribution in [0, 0.1) is 5.92 Å². The lowest BCUT2D eigenvalue weighted by molar-refractivity contribution is -0.126. The maximum atomic E-state index is 12.0. The molecular formula is C16H23N3O2. The fourth-order valence-corrected chi connectivity index (χ4v) is 2.67. The van der Waals surface area contributed by atoms with Gasteiger partial charge in [0.15, 0.2) is 0 Å². The lowest BCUT2D eigenvalue weighted by Crippen LogP contribution is -2.45. The van der Waals surface area contributed by atoms with Crippen LogP contribution in [0.4, 0.5) is 0 Å². The molecule has 4 N–H and O–H groups in total. The molecule has 1 aliphatic rings. The van der Waals surface area contributed by atoms with E-state index in [0.717, 1.165) is 25.7 Å². The molecule has 0 heterocycles. The van der Waals surface area contributed by atoms with Crippen LogP contribution in [0.25, 0.3) is 0 Å². The van der Waals surface area contributed by atoms with E-state index < -0.39 is 0 Å². The van der Waals surface area contributed by atoms with Gasteiger partial charge in [-0.2, -0.15) is 0 Å². The number of rotatable bonds is 5. The molecule has 2 rings (SSSR count). The molecule has 0 aromatic heterocycles. The maximum absolute atomic E-state index is 12.0. The van der Waals surface area contributed by atoms with Crippen LogP contribution in [0.1, 0.15) is 36.0 Å². The van der Waals surface area contributed by atoms with Crippen LogP contribution in [0.2, 0.25) is 0 Å². The number of hydrogen-bond acceptors (Lipinski definition) is 3. The van der Waals surface area contributed by atoms with Gasteiger partial charge in [-0.25, -0.2) is 0 Å². The number of nitrogens with two attached hydrogens (primary N) is 1. The number of benzene rings is 1. The average molecular weight is 289 g/mol. The molecule has 5 nitrogen and oxygen atoms in total. The highest BCUT2D eigenvalue weighted by Crippen LogP contribution is 2.22. The Hall–Kier alpha value is -1.88. The van der Waals surface area contributed by atoms with E-state index in [9.17, 15) is 9.59 Å². The largest absolute Gasteiger partial charge is 0.354 e. The van der Waals surface area contributed by atoms with Gasteiger partial charge < -0.3 is 16.4 Å². The van der Waals surface area contributed by atoms with Crippen LogP contribution in [-0.4, -0.2) is 30.9 Å². The summed E-state index contributed by atoms with van der Waals surface area (Å²) in [6, 6.07) is 8.99. The van der Waals surface area contributed by atoms with Crippen molar-refractivity contribution in [2.24, 2.45) is 11.7 Å². The Balaban J connectivity index is 1.67. The van der Waals surface area contributed by atoms with Crippen molar-refractivity contribution in [2.75, 3.05) is 13.1 Å². The van der Waals surface area contributed by atoms with E-state index in [0.29, 0.717) is 18.7 Å². The van der Waals surface area contributed by atoms with Gasteiger partial charge in [0.2, 0.25) is 5.91 Å². The van der Waals surface area contributed by atoms with Crippen molar-refractivity contribution in [2.45, 2.75) is 31.7 Å². The van der Waals surface area contributed by atoms with Gasteiger partial charge in [-0.3, -0.25) is 9.59 Å². The van der Waals surface area contributed by atoms with Gasteiger partial charge in [0, 0.05) is 24.7 Å². The van der Waals surface area contributed by atoms with Gasteiger partial charge in [-0.05, 0) is 25.0 Å². The van der Waals surface area contributed by atoms with Gasteiger partial charge in [0.05, 0.1) is 5.92 Å². The minimum Gasteiger partial charge on any atom is -0.354 e. The molecule has 0 unspecified atom stereocenters. The summed E-state index contributed by atoms with van der Waals surface area (Å²) in [5.41, 5.74) is 6.60. The third-order valence-electron chi connectivity index (χ3n) is 3.90. The molecule has 0 spiro atoms. The Labute approximate surface area is 125 Å². The molecule has 0 radical (unpaired) electrons. The predicted molar refractivity (Wildman–Crippen MR) is 81.7 cm³/mol.